The summed E-state index contributed by atoms with van der Waals surface area (Å²) < 4.78 is 13.1. The number of phenols is 1. The predicted molar refractivity (Wildman–Crippen MR) is 53.6 cm³/mol. The minimum absolute atomic E-state index is 0.172. The van der Waals surface area contributed by atoms with Crippen LogP contribution >= 0.6 is 0 Å². The van der Waals surface area contributed by atoms with Gasteiger partial charge in [-0.15, -0.1) is 0 Å². The van der Waals surface area contributed by atoms with Gasteiger partial charge in [-0.2, -0.15) is 0 Å². The Morgan fingerprint density at radius 1 is 1.41 bits per heavy atom. The lowest BCUT2D eigenvalue weighted by Gasteiger charge is -2.16. The number of aliphatic hydroxyl groups excluding tert-OH is 2. The van der Waals surface area contributed by atoms with Crippen LogP contribution in [0.15, 0.2) is 12.1 Å². The van der Waals surface area contributed by atoms with Gasteiger partial charge in [-0.05, 0) is 17.7 Å². The number of carbonyl (C=O) groups is 2. The van der Waals surface area contributed by atoms with Crippen molar-refractivity contribution in [2.24, 2.45) is 5.73 Å². The Balaban J connectivity index is 3.19. The monoisotopic (exact) mass is 243 g/mol. The van der Waals surface area contributed by atoms with Crippen molar-refractivity contribution in [1.29, 1.82) is 0 Å². The maximum Gasteiger partial charge on any atom is 0.249 e. The first-order valence-corrected chi connectivity index (χ1v) is 4.51. The first kappa shape index (κ1) is 13.1. The smallest absolute Gasteiger partial charge is 0.249 e. The molecular weight excluding hydrogens is 233 g/mol. The summed E-state index contributed by atoms with van der Waals surface area (Å²) in [7, 11) is 0. The third-order valence-corrected chi connectivity index (χ3v) is 2.17. The topological polar surface area (TPSA) is 121 Å². The molecule has 0 heterocycles. The van der Waals surface area contributed by atoms with E-state index in [9.17, 15) is 24.2 Å². The van der Waals surface area contributed by atoms with Gasteiger partial charge in [-0.25, -0.2) is 4.39 Å². The molecule has 0 aliphatic heterocycles. The third kappa shape index (κ3) is 2.58. The number of aliphatic hydroxyl groups is 2. The van der Waals surface area contributed by atoms with Crippen molar-refractivity contribution in [1.82, 2.24) is 0 Å². The summed E-state index contributed by atoms with van der Waals surface area (Å²) in [5, 5.41) is 27.8. The highest BCUT2D eigenvalue weighted by atomic mass is 19.1. The molecule has 2 atom stereocenters. The predicted octanol–water partition coefficient (Wildman–Crippen LogP) is -0.777. The molecule has 0 spiro atoms. The molecular formula is C10H10FNO5. The maximum atomic E-state index is 13.1. The van der Waals surface area contributed by atoms with Crippen molar-refractivity contribution in [3.63, 3.8) is 0 Å². The van der Waals surface area contributed by atoms with E-state index >= 15 is 0 Å². The van der Waals surface area contributed by atoms with Gasteiger partial charge >= 0.3 is 0 Å². The molecule has 0 saturated heterocycles. The van der Waals surface area contributed by atoms with Crippen LogP contribution in [0.2, 0.25) is 0 Å². The van der Waals surface area contributed by atoms with Gasteiger partial charge in [0.15, 0.2) is 24.0 Å². The SMILES string of the molecule is NC(=O)C(O)C(O)c1cc(F)c(O)c(C=O)c1. The molecule has 1 aromatic carbocycles. The van der Waals surface area contributed by atoms with Gasteiger partial charge in [0.25, 0.3) is 0 Å². The lowest BCUT2D eigenvalue weighted by Crippen LogP contribution is -2.33. The number of benzene rings is 1. The molecule has 0 saturated carbocycles. The van der Waals surface area contributed by atoms with Gasteiger partial charge in [0.05, 0.1) is 5.56 Å². The van der Waals surface area contributed by atoms with E-state index in [-0.39, 0.29) is 11.8 Å². The number of nitrogens with two attached hydrogens (primary N) is 1. The van der Waals surface area contributed by atoms with Crippen LogP contribution in [0.25, 0.3) is 0 Å². The van der Waals surface area contributed by atoms with E-state index < -0.39 is 35.2 Å². The molecule has 0 aromatic heterocycles. The Hall–Kier alpha value is -1.99. The Kier molecular flexibility index (Phi) is 3.77. The fourth-order valence-electron chi connectivity index (χ4n) is 1.24. The average Bonchev–Trinajstić information content (AvgIpc) is 2.30. The zero-order chi connectivity index (χ0) is 13.2. The van der Waals surface area contributed by atoms with Crippen molar-refractivity contribution >= 4 is 12.2 Å². The van der Waals surface area contributed by atoms with E-state index in [4.69, 9.17) is 10.8 Å². The molecule has 2 unspecified atom stereocenters. The molecule has 6 nitrogen and oxygen atoms in total. The quantitative estimate of drug-likeness (QED) is 0.517. The van der Waals surface area contributed by atoms with Crippen molar-refractivity contribution in [2.75, 3.05) is 0 Å². The Morgan fingerprint density at radius 3 is 2.47 bits per heavy atom. The first-order valence-electron chi connectivity index (χ1n) is 4.51. The zero-order valence-electron chi connectivity index (χ0n) is 8.50. The van der Waals surface area contributed by atoms with E-state index in [2.05, 4.69) is 0 Å². The zero-order valence-corrected chi connectivity index (χ0v) is 8.50. The number of phenolic OH excluding ortho intramolecular Hbond substituents is 1. The van der Waals surface area contributed by atoms with Gasteiger partial charge in [0.2, 0.25) is 5.91 Å². The fraction of sp³-hybridized carbons (Fsp3) is 0.200. The van der Waals surface area contributed by atoms with E-state index in [1.165, 1.54) is 0 Å². The lowest BCUT2D eigenvalue weighted by molar-refractivity contribution is -0.131. The van der Waals surface area contributed by atoms with Crippen LogP contribution < -0.4 is 5.73 Å². The van der Waals surface area contributed by atoms with Gasteiger partial charge < -0.3 is 21.1 Å². The average molecular weight is 243 g/mol. The van der Waals surface area contributed by atoms with Gasteiger partial charge in [0, 0.05) is 0 Å². The standard InChI is InChI=1S/C10H10FNO5/c11-6-2-4(1-5(3-13)7(6)14)8(15)9(16)10(12)17/h1-3,8-9,14-16H,(H2,12,17). The molecule has 0 aliphatic carbocycles. The minimum atomic E-state index is -1.93. The number of aromatic hydroxyl groups is 1. The Labute approximate surface area is 95.1 Å². The van der Waals surface area contributed by atoms with Crippen LogP contribution in [-0.2, 0) is 4.79 Å². The largest absolute Gasteiger partial charge is 0.504 e. The molecule has 0 aliphatic rings. The molecule has 92 valence electrons. The second kappa shape index (κ2) is 4.89. The van der Waals surface area contributed by atoms with Crippen molar-refractivity contribution < 1.29 is 29.3 Å². The molecule has 0 radical (unpaired) electrons. The molecule has 1 amide bonds. The maximum absolute atomic E-state index is 13.1. The highest BCUT2D eigenvalue weighted by Gasteiger charge is 2.25. The number of halogens is 1. The summed E-state index contributed by atoms with van der Waals surface area (Å²) in [5.74, 6) is -3.22. The van der Waals surface area contributed by atoms with Crippen molar-refractivity contribution in [3.8, 4) is 5.75 Å². The molecule has 1 aromatic rings. The number of rotatable bonds is 4. The van der Waals surface area contributed by atoms with Crippen molar-refractivity contribution in [2.45, 2.75) is 12.2 Å². The molecule has 0 bridgehead atoms. The molecule has 5 N–H and O–H groups in total. The summed E-state index contributed by atoms with van der Waals surface area (Å²) in [4.78, 5) is 21.1. The van der Waals surface area contributed by atoms with Crippen LogP contribution in [0.4, 0.5) is 4.39 Å². The second-order valence-electron chi connectivity index (χ2n) is 3.35. The van der Waals surface area contributed by atoms with Crippen LogP contribution in [-0.4, -0.2) is 33.6 Å². The Morgan fingerprint density at radius 2 is 2.00 bits per heavy atom. The highest BCUT2D eigenvalue weighted by molar-refractivity contribution is 5.81. The number of carbonyl (C=O) groups excluding carboxylic acids is 2. The first-order chi connectivity index (χ1) is 7.88. The molecule has 17 heavy (non-hydrogen) atoms. The van der Waals surface area contributed by atoms with Crippen LogP contribution in [0.1, 0.15) is 22.0 Å². The molecule has 1 rings (SSSR count). The van der Waals surface area contributed by atoms with E-state index in [1.807, 2.05) is 0 Å². The van der Waals surface area contributed by atoms with Gasteiger partial charge in [-0.3, -0.25) is 9.59 Å². The van der Waals surface area contributed by atoms with Crippen LogP contribution in [0.5, 0.6) is 5.75 Å². The second-order valence-corrected chi connectivity index (χ2v) is 3.35. The number of amides is 1. The van der Waals surface area contributed by atoms with E-state index in [0.717, 1.165) is 6.07 Å². The summed E-state index contributed by atoms with van der Waals surface area (Å²) >= 11 is 0. The summed E-state index contributed by atoms with van der Waals surface area (Å²) in [5.41, 5.74) is 4.10. The summed E-state index contributed by atoms with van der Waals surface area (Å²) in [6, 6.07) is 1.64. The van der Waals surface area contributed by atoms with E-state index in [0.29, 0.717) is 6.07 Å². The Bertz CT molecular complexity index is 462. The number of primary amides is 1. The fourth-order valence-corrected chi connectivity index (χ4v) is 1.24. The van der Waals surface area contributed by atoms with Crippen LogP contribution in [0.3, 0.4) is 0 Å². The highest BCUT2D eigenvalue weighted by Crippen LogP contribution is 2.26. The van der Waals surface area contributed by atoms with Crippen LogP contribution in [0, 0.1) is 5.82 Å². The number of hydrogen-bond donors (Lipinski definition) is 4. The lowest BCUT2D eigenvalue weighted by atomic mass is 10.0. The third-order valence-electron chi connectivity index (χ3n) is 2.17. The normalized spacial score (nSPS) is 14.1. The number of hydrogen-bond acceptors (Lipinski definition) is 5. The van der Waals surface area contributed by atoms with E-state index in [1.54, 1.807) is 0 Å². The van der Waals surface area contributed by atoms with Gasteiger partial charge in [0.1, 0.15) is 6.10 Å². The van der Waals surface area contributed by atoms with Gasteiger partial charge in [-0.1, -0.05) is 0 Å². The minimum Gasteiger partial charge on any atom is -0.504 e. The molecule has 7 heteroatoms. The summed E-state index contributed by atoms with van der Waals surface area (Å²) in [6.07, 6.45) is -3.54. The van der Waals surface area contributed by atoms with Crippen molar-refractivity contribution in [3.05, 3.63) is 29.1 Å². The number of aldehydes is 1. The molecule has 0 fully saturated rings. The summed E-state index contributed by atoms with van der Waals surface area (Å²) in [6.45, 7) is 0.